The Hall–Kier alpha value is -1.20. The molecule has 18 heavy (non-hydrogen) atoms. The summed E-state index contributed by atoms with van der Waals surface area (Å²) in [7, 11) is 1.72. The van der Waals surface area contributed by atoms with E-state index < -0.39 is 0 Å². The minimum Gasteiger partial charge on any atom is -0.385 e. The van der Waals surface area contributed by atoms with Crippen LogP contribution in [0.5, 0.6) is 0 Å². The first-order valence-corrected chi connectivity index (χ1v) is 6.65. The van der Waals surface area contributed by atoms with Crippen molar-refractivity contribution in [1.29, 1.82) is 0 Å². The highest BCUT2D eigenvalue weighted by molar-refractivity contribution is 9.10. The van der Waals surface area contributed by atoms with E-state index >= 15 is 0 Å². The molecule has 0 aliphatic rings. The molecule has 5 heteroatoms. The number of halogens is 1. The summed E-state index contributed by atoms with van der Waals surface area (Å²) in [5, 5.41) is 3.44. The van der Waals surface area contributed by atoms with Crippen LogP contribution in [0.25, 0.3) is 11.0 Å². The summed E-state index contributed by atoms with van der Waals surface area (Å²) in [4.78, 5) is 8.73. The van der Waals surface area contributed by atoms with E-state index in [0.717, 1.165) is 34.2 Å². The van der Waals surface area contributed by atoms with Crippen LogP contribution in [0.1, 0.15) is 13.3 Å². The van der Waals surface area contributed by atoms with Gasteiger partial charge in [-0.1, -0.05) is 0 Å². The van der Waals surface area contributed by atoms with Crippen molar-refractivity contribution < 1.29 is 4.74 Å². The van der Waals surface area contributed by atoms with E-state index in [1.54, 1.807) is 19.5 Å². The van der Waals surface area contributed by atoms with Crippen LogP contribution in [0, 0.1) is 0 Å². The van der Waals surface area contributed by atoms with Gasteiger partial charge in [0.1, 0.15) is 5.52 Å². The van der Waals surface area contributed by atoms with Gasteiger partial charge in [0.15, 0.2) is 0 Å². The Balaban J connectivity index is 2.22. The highest BCUT2D eigenvalue weighted by atomic mass is 79.9. The Morgan fingerprint density at radius 2 is 2.28 bits per heavy atom. The molecule has 4 nitrogen and oxygen atoms in total. The molecule has 2 aromatic heterocycles. The second kappa shape index (κ2) is 6.11. The van der Waals surface area contributed by atoms with Crippen molar-refractivity contribution in [2.75, 3.05) is 19.0 Å². The first-order chi connectivity index (χ1) is 8.70. The maximum atomic E-state index is 5.08. The number of nitrogens with zero attached hydrogens (tertiary/aromatic N) is 2. The average molecular weight is 310 g/mol. The third kappa shape index (κ3) is 3.17. The third-order valence-corrected chi connectivity index (χ3v) is 3.13. The van der Waals surface area contributed by atoms with Gasteiger partial charge in [-0.15, -0.1) is 0 Å². The first kappa shape index (κ1) is 13.2. The maximum Gasteiger partial charge on any atom is 0.112 e. The lowest BCUT2D eigenvalue weighted by atomic mass is 10.2. The van der Waals surface area contributed by atoms with E-state index in [1.807, 2.05) is 12.1 Å². The molecule has 0 bridgehead atoms. The molecule has 0 amide bonds. The number of methoxy groups -OCH3 is 1. The number of rotatable bonds is 5. The lowest BCUT2D eigenvalue weighted by Crippen LogP contribution is -2.17. The molecule has 0 radical (unpaired) electrons. The van der Waals surface area contributed by atoms with Gasteiger partial charge in [0.25, 0.3) is 0 Å². The van der Waals surface area contributed by atoms with Crippen molar-refractivity contribution in [3.8, 4) is 0 Å². The van der Waals surface area contributed by atoms with Crippen molar-refractivity contribution in [1.82, 2.24) is 9.97 Å². The zero-order valence-electron chi connectivity index (χ0n) is 10.5. The largest absolute Gasteiger partial charge is 0.385 e. The summed E-state index contributed by atoms with van der Waals surface area (Å²) in [6, 6.07) is 4.25. The number of pyridine rings is 2. The number of hydrogen-bond donors (Lipinski definition) is 1. The van der Waals surface area contributed by atoms with E-state index in [4.69, 9.17) is 4.74 Å². The second-order valence-corrected chi connectivity index (χ2v) is 5.12. The monoisotopic (exact) mass is 309 g/mol. The van der Waals surface area contributed by atoms with Crippen LogP contribution in [-0.4, -0.2) is 29.7 Å². The standard InChI is InChI=1S/C13H16BrN3O/c1-9(4-6-18-2)17-11-3-5-15-12-7-10(14)8-16-13(11)12/h3,5,7-9H,4,6H2,1-2H3,(H,15,17). The van der Waals surface area contributed by atoms with Crippen LogP contribution in [0.15, 0.2) is 29.0 Å². The lowest BCUT2D eigenvalue weighted by molar-refractivity contribution is 0.191. The smallest absolute Gasteiger partial charge is 0.112 e. The molecule has 0 spiro atoms. The van der Waals surface area contributed by atoms with E-state index in [9.17, 15) is 0 Å². The molecule has 0 saturated heterocycles. The van der Waals surface area contributed by atoms with Gasteiger partial charge >= 0.3 is 0 Å². The van der Waals surface area contributed by atoms with Crippen LogP contribution >= 0.6 is 15.9 Å². The predicted molar refractivity (Wildman–Crippen MR) is 76.8 cm³/mol. The lowest BCUT2D eigenvalue weighted by Gasteiger charge is -2.15. The summed E-state index contributed by atoms with van der Waals surface area (Å²) in [6.45, 7) is 2.88. The minimum absolute atomic E-state index is 0.334. The fourth-order valence-corrected chi connectivity index (χ4v) is 2.07. The predicted octanol–water partition coefficient (Wildman–Crippen LogP) is 3.23. The normalized spacial score (nSPS) is 12.6. The van der Waals surface area contributed by atoms with E-state index in [0.29, 0.717) is 6.04 Å². The zero-order valence-corrected chi connectivity index (χ0v) is 12.1. The van der Waals surface area contributed by atoms with Gasteiger partial charge in [-0.2, -0.15) is 0 Å². The molecular formula is C13H16BrN3O. The highest BCUT2D eigenvalue weighted by Crippen LogP contribution is 2.22. The molecular weight excluding hydrogens is 294 g/mol. The Bertz CT molecular complexity index is 533. The van der Waals surface area contributed by atoms with Gasteiger partial charge in [0, 0.05) is 36.6 Å². The molecule has 0 saturated carbocycles. The molecule has 2 heterocycles. The van der Waals surface area contributed by atoms with Gasteiger partial charge in [-0.25, -0.2) is 0 Å². The Morgan fingerprint density at radius 1 is 1.44 bits per heavy atom. The number of nitrogens with one attached hydrogen (secondary N) is 1. The number of fused-ring (bicyclic) bond motifs is 1. The Kier molecular flexibility index (Phi) is 4.49. The fraction of sp³-hybridized carbons (Fsp3) is 0.385. The summed E-state index contributed by atoms with van der Waals surface area (Å²) in [6.07, 6.45) is 4.54. The van der Waals surface area contributed by atoms with Gasteiger partial charge in [-0.3, -0.25) is 9.97 Å². The van der Waals surface area contributed by atoms with Crippen molar-refractivity contribution in [2.24, 2.45) is 0 Å². The average Bonchev–Trinajstić information content (AvgIpc) is 2.36. The van der Waals surface area contributed by atoms with Crippen LogP contribution in [0.4, 0.5) is 5.69 Å². The van der Waals surface area contributed by atoms with Gasteiger partial charge in [-0.05, 0) is 41.4 Å². The van der Waals surface area contributed by atoms with Gasteiger partial charge in [0.05, 0.1) is 11.2 Å². The molecule has 2 rings (SSSR count). The molecule has 0 aromatic carbocycles. The molecule has 0 aliphatic carbocycles. The van der Waals surface area contributed by atoms with E-state index in [1.165, 1.54) is 0 Å². The molecule has 1 unspecified atom stereocenters. The summed E-state index contributed by atoms with van der Waals surface area (Å²) in [5.41, 5.74) is 2.79. The Labute approximate surface area is 115 Å². The van der Waals surface area contributed by atoms with Crippen LogP contribution in [0.2, 0.25) is 0 Å². The van der Waals surface area contributed by atoms with Gasteiger partial charge in [0.2, 0.25) is 0 Å². The fourth-order valence-electron chi connectivity index (χ4n) is 1.75. The number of hydrogen-bond acceptors (Lipinski definition) is 4. The van der Waals surface area contributed by atoms with Crippen LogP contribution in [0.3, 0.4) is 0 Å². The molecule has 1 N–H and O–H groups in total. The van der Waals surface area contributed by atoms with Crippen molar-refractivity contribution in [2.45, 2.75) is 19.4 Å². The van der Waals surface area contributed by atoms with E-state index in [-0.39, 0.29) is 0 Å². The SMILES string of the molecule is COCCC(C)Nc1ccnc2cc(Br)cnc12. The van der Waals surface area contributed by atoms with Crippen molar-refractivity contribution >= 4 is 32.7 Å². The second-order valence-electron chi connectivity index (χ2n) is 4.21. The Morgan fingerprint density at radius 3 is 3.06 bits per heavy atom. The highest BCUT2D eigenvalue weighted by Gasteiger charge is 2.07. The third-order valence-electron chi connectivity index (χ3n) is 2.70. The first-order valence-electron chi connectivity index (χ1n) is 5.86. The topological polar surface area (TPSA) is 47.0 Å². The molecule has 2 aromatic rings. The molecule has 0 fully saturated rings. The van der Waals surface area contributed by atoms with Gasteiger partial charge < -0.3 is 10.1 Å². The van der Waals surface area contributed by atoms with Crippen LogP contribution in [-0.2, 0) is 4.74 Å². The quantitative estimate of drug-likeness (QED) is 0.921. The summed E-state index contributed by atoms with van der Waals surface area (Å²) in [5.74, 6) is 0. The molecule has 1 atom stereocenters. The number of ether oxygens (including phenoxy) is 1. The molecule has 96 valence electrons. The number of aromatic nitrogens is 2. The maximum absolute atomic E-state index is 5.08. The van der Waals surface area contributed by atoms with Crippen molar-refractivity contribution in [3.63, 3.8) is 0 Å². The summed E-state index contributed by atoms with van der Waals surface area (Å²) >= 11 is 3.40. The molecule has 0 aliphatic heterocycles. The van der Waals surface area contributed by atoms with Crippen molar-refractivity contribution in [3.05, 3.63) is 29.0 Å². The number of anilines is 1. The minimum atomic E-state index is 0.334. The van der Waals surface area contributed by atoms with E-state index in [2.05, 4.69) is 38.1 Å². The van der Waals surface area contributed by atoms with Crippen LogP contribution < -0.4 is 5.32 Å². The summed E-state index contributed by atoms with van der Waals surface area (Å²) < 4.78 is 6.02. The zero-order chi connectivity index (χ0) is 13.0.